The van der Waals surface area contributed by atoms with E-state index >= 15 is 0 Å². The highest BCUT2D eigenvalue weighted by atomic mass is 14.1. The average Bonchev–Trinajstić information content (AvgIpc) is 1.64. The fourth-order valence-electron chi connectivity index (χ4n) is 0.177. The van der Waals surface area contributed by atoms with Crippen molar-refractivity contribution in [2.45, 2.75) is 17.4 Å². The summed E-state index contributed by atoms with van der Waals surface area (Å²) in [6.45, 7) is 5.04. The molecule has 0 spiro atoms. The Kier molecular flexibility index (Phi) is 2.32. The Hall–Kier alpha value is -0.000260. The second kappa shape index (κ2) is 2.32. The van der Waals surface area contributed by atoms with E-state index in [4.69, 9.17) is 31.4 Å². The highest BCUT2D eigenvalue weighted by Crippen LogP contribution is 2.41. The van der Waals surface area contributed by atoms with Gasteiger partial charge in [-0.1, -0.05) is 18.3 Å². The summed E-state index contributed by atoms with van der Waals surface area (Å²) in [6.07, 6.45) is 1.42. The summed E-state index contributed by atoms with van der Waals surface area (Å²) in [4.78, 5) is 0. The molecule has 9 heavy (non-hydrogen) atoms. The van der Waals surface area contributed by atoms with Crippen LogP contribution in [0.5, 0.6) is 0 Å². The largest absolute Gasteiger partial charge is 0.129 e. The van der Waals surface area contributed by atoms with Crippen LogP contribution in [0.15, 0.2) is 12.7 Å². The van der Waals surface area contributed by atoms with Gasteiger partial charge in [0.15, 0.2) is 0 Å². The monoisotopic (exact) mass is 110 g/mol. The van der Waals surface area contributed by atoms with Gasteiger partial charge in [-0.15, -0.1) is 11.7 Å². The lowest BCUT2D eigenvalue weighted by molar-refractivity contribution is 0.770. The summed E-state index contributed by atoms with van der Waals surface area (Å²) in [7, 11) is 21.3. The Bertz CT molecular complexity index is 111. The van der Waals surface area contributed by atoms with Crippen molar-refractivity contribution in [2.75, 3.05) is 0 Å². The van der Waals surface area contributed by atoms with E-state index in [0.717, 1.165) is 0 Å². The van der Waals surface area contributed by atoms with Crippen LogP contribution in [0.1, 0.15) is 6.92 Å². The minimum absolute atomic E-state index is 0.924. The van der Waals surface area contributed by atoms with Crippen LogP contribution in [0, 0.1) is 0 Å². The molecule has 8 radical (unpaired) electrons. The van der Waals surface area contributed by atoms with Gasteiger partial charge in [0.1, 0.15) is 0 Å². The molecule has 0 aromatic carbocycles. The van der Waals surface area contributed by atoms with Gasteiger partial charge in [0, 0.05) is 0 Å². The van der Waals surface area contributed by atoms with Gasteiger partial charge in [0.05, 0.1) is 31.4 Å². The van der Waals surface area contributed by atoms with Crippen molar-refractivity contribution in [1.82, 2.24) is 0 Å². The molecule has 0 nitrogen and oxygen atoms in total. The van der Waals surface area contributed by atoms with Gasteiger partial charge in [0.2, 0.25) is 0 Å². The van der Waals surface area contributed by atoms with Crippen molar-refractivity contribution in [3.63, 3.8) is 0 Å². The van der Waals surface area contributed by atoms with Gasteiger partial charge in [0.25, 0.3) is 0 Å². The fraction of sp³-hybridized carbons (Fsp3) is 0.600. The van der Waals surface area contributed by atoms with Crippen molar-refractivity contribution < 1.29 is 0 Å². The molecule has 0 saturated carbocycles. The van der Waals surface area contributed by atoms with E-state index in [1.54, 1.807) is 6.92 Å². The molecule has 4 heteroatoms. The molecule has 0 bridgehead atoms. The lowest BCUT2D eigenvalue weighted by Gasteiger charge is -2.38. The molecular formula is C5H6B4. The Morgan fingerprint density at radius 2 is 1.56 bits per heavy atom. The lowest BCUT2D eigenvalue weighted by Crippen LogP contribution is -2.27. The second-order valence-corrected chi connectivity index (χ2v) is 2.42. The molecule has 0 N–H and O–H groups in total. The first-order valence-corrected chi connectivity index (χ1v) is 2.60. The minimum atomic E-state index is -1.39. The van der Waals surface area contributed by atoms with Crippen LogP contribution < -0.4 is 0 Å². The predicted molar refractivity (Wildman–Crippen MR) is 44.3 cm³/mol. The zero-order valence-electron chi connectivity index (χ0n) is 5.59. The van der Waals surface area contributed by atoms with Gasteiger partial charge in [-0.05, 0) is 0 Å². The fourth-order valence-corrected chi connectivity index (χ4v) is 0.177. The Labute approximate surface area is 62.1 Å². The molecule has 0 heterocycles. The van der Waals surface area contributed by atoms with Crippen LogP contribution in [-0.4, -0.2) is 31.4 Å². The maximum Gasteiger partial charge on any atom is 0.0776 e. The van der Waals surface area contributed by atoms with E-state index in [9.17, 15) is 0 Å². The molecule has 0 aromatic heterocycles. The van der Waals surface area contributed by atoms with Gasteiger partial charge < -0.3 is 0 Å². The molecule has 0 saturated heterocycles. The van der Waals surface area contributed by atoms with Crippen molar-refractivity contribution in [3.05, 3.63) is 12.7 Å². The molecule has 0 aliphatic heterocycles. The molecule has 38 valence electrons. The number of allylic oxidation sites excluding steroid dienone is 1. The second-order valence-electron chi connectivity index (χ2n) is 2.42. The third-order valence-corrected chi connectivity index (χ3v) is 1.36. The summed E-state index contributed by atoms with van der Waals surface area (Å²) in [5, 5.41) is -2.32. The van der Waals surface area contributed by atoms with E-state index in [0.29, 0.717) is 0 Å². The zero-order valence-corrected chi connectivity index (χ0v) is 5.59. The summed E-state index contributed by atoms with van der Waals surface area (Å²) >= 11 is 0. The van der Waals surface area contributed by atoms with Crippen LogP contribution >= 0.6 is 0 Å². The summed E-state index contributed by atoms with van der Waals surface area (Å²) < 4.78 is 0. The molecule has 0 aliphatic carbocycles. The van der Waals surface area contributed by atoms with Crippen molar-refractivity contribution in [3.8, 4) is 0 Å². The quantitative estimate of drug-likeness (QED) is 0.348. The third-order valence-electron chi connectivity index (χ3n) is 1.36. The van der Waals surface area contributed by atoms with E-state index in [1.807, 2.05) is 0 Å². The SMILES string of the molecule is [B]C([B])([B])C([B])(C)C=C. The highest BCUT2D eigenvalue weighted by molar-refractivity contribution is 6.62. The van der Waals surface area contributed by atoms with Gasteiger partial charge in [-0.2, -0.15) is 0 Å². The van der Waals surface area contributed by atoms with E-state index in [-0.39, 0.29) is 0 Å². The predicted octanol–water partition coefficient (Wildman–Crippen LogP) is 0.0987. The number of hydrogen-bond donors (Lipinski definition) is 0. The maximum absolute atomic E-state index is 5.50. The normalized spacial score (nSPS) is 18.3. The Morgan fingerprint density at radius 1 is 1.22 bits per heavy atom. The van der Waals surface area contributed by atoms with Crippen LogP contribution in [0.4, 0.5) is 0 Å². The van der Waals surface area contributed by atoms with Crippen LogP contribution in [0.3, 0.4) is 0 Å². The molecule has 0 amide bonds. The van der Waals surface area contributed by atoms with Crippen molar-refractivity contribution >= 4 is 31.4 Å². The molecule has 0 fully saturated rings. The third kappa shape index (κ3) is 2.00. The number of hydrogen-bond acceptors (Lipinski definition) is 0. The number of rotatable bonds is 2. The summed E-state index contributed by atoms with van der Waals surface area (Å²) in [5.41, 5.74) is 0. The van der Waals surface area contributed by atoms with Gasteiger partial charge in [-0.25, -0.2) is 0 Å². The molecule has 0 aliphatic rings. The first-order valence-electron chi connectivity index (χ1n) is 2.60. The highest BCUT2D eigenvalue weighted by Gasteiger charge is 2.26. The average molecular weight is 109 g/mol. The minimum Gasteiger partial charge on any atom is -0.129 e. The molecule has 0 aromatic rings. The standard InChI is InChI=1S/C5H6B4/c1-3-4(2,6)5(7,8)9/h3H,1H2,2H3. The van der Waals surface area contributed by atoms with Crippen molar-refractivity contribution in [1.29, 1.82) is 0 Å². The maximum atomic E-state index is 5.50. The molecule has 0 rings (SSSR count). The first-order chi connectivity index (χ1) is 3.81. The zero-order chi connectivity index (χ0) is 7.71. The van der Waals surface area contributed by atoms with Crippen LogP contribution in [0.2, 0.25) is 10.4 Å². The molecule has 1 atom stereocenters. The van der Waals surface area contributed by atoms with Crippen LogP contribution in [0.25, 0.3) is 0 Å². The smallest absolute Gasteiger partial charge is 0.0776 e. The van der Waals surface area contributed by atoms with Gasteiger partial charge >= 0.3 is 0 Å². The van der Waals surface area contributed by atoms with Crippen molar-refractivity contribution in [2.24, 2.45) is 0 Å². The first kappa shape index (κ1) is 9.00. The van der Waals surface area contributed by atoms with E-state index in [2.05, 4.69) is 6.58 Å². The van der Waals surface area contributed by atoms with Crippen LogP contribution in [-0.2, 0) is 0 Å². The summed E-state index contributed by atoms with van der Waals surface area (Å²) in [6, 6.07) is 0. The van der Waals surface area contributed by atoms with E-state index in [1.165, 1.54) is 6.08 Å². The molecule has 1 unspecified atom stereocenters. The Morgan fingerprint density at radius 3 is 1.56 bits per heavy atom. The van der Waals surface area contributed by atoms with E-state index < -0.39 is 10.4 Å². The summed E-state index contributed by atoms with van der Waals surface area (Å²) in [5.74, 6) is 0. The molecular weight excluding hydrogens is 103 g/mol. The topological polar surface area (TPSA) is 0 Å². The lowest BCUT2D eigenvalue weighted by atomic mass is 9.29. The Balaban J connectivity index is 4.32. The van der Waals surface area contributed by atoms with Gasteiger partial charge in [-0.3, -0.25) is 0 Å².